The van der Waals surface area contributed by atoms with Gasteiger partial charge in [0.05, 0.1) is 19.2 Å². The molecule has 3 N–H and O–H groups in total. The standard InChI is InChI=1S/C23H30F2N4O2/c1-2-26-23(27-10-12-31-22-8-7-19(24)13-21(22)25)28-14-20(30)16-29-11-9-17-5-3-4-6-18(17)15-29/h3-8,13,20,30H,2,9-12,14-16H2,1H3,(H2,26,27,28). The largest absolute Gasteiger partial charge is 0.489 e. The van der Waals surface area contributed by atoms with Crippen molar-refractivity contribution in [1.82, 2.24) is 15.5 Å². The maximum Gasteiger partial charge on any atom is 0.191 e. The second-order valence-electron chi connectivity index (χ2n) is 7.48. The van der Waals surface area contributed by atoms with Gasteiger partial charge >= 0.3 is 0 Å². The zero-order valence-corrected chi connectivity index (χ0v) is 17.8. The Morgan fingerprint density at radius 3 is 2.77 bits per heavy atom. The van der Waals surface area contributed by atoms with E-state index in [0.29, 0.717) is 25.6 Å². The summed E-state index contributed by atoms with van der Waals surface area (Å²) in [7, 11) is 0. The monoisotopic (exact) mass is 432 g/mol. The molecular weight excluding hydrogens is 402 g/mol. The summed E-state index contributed by atoms with van der Waals surface area (Å²) in [6, 6.07) is 11.6. The van der Waals surface area contributed by atoms with E-state index in [2.05, 4.69) is 38.7 Å². The molecule has 1 aliphatic heterocycles. The molecule has 0 saturated carbocycles. The van der Waals surface area contributed by atoms with Crippen molar-refractivity contribution in [1.29, 1.82) is 0 Å². The van der Waals surface area contributed by atoms with Gasteiger partial charge in [-0.05, 0) is 36.6 Å². The number of aliphatic imine (C=N–C) groups is 1. The number of nitrogens with one attached hydrogen (secondary N) is 2. The topological polar surface area (TPSA) is 69.1 Å². The Morgan fingerprint density at radius 1 is 1.19 bits per heavy atom. The second-order valence-corrected chi connectivity index (χ2v) is 7.48. The van der Waals surface area contributed by atoms with Crippen LogP contribution in [0.1, 0.15) is 18.1 Å². The summed E-state index contributed by atoms with van der Waals surface area (Å²) < 4.78 is 31.9. The van der Waals surface area contributed by atoms with Crippen LogP contribution in [0.15, 0.2) is 47.5 Å². The third-order valence-corrected chi connectivity index (χ3v) is 5.03. The predicted molar refractivity (Wildman–Crippen MR) is 117 cm³/mol. The molecule has 0 aromatic heterocycles. The summed E-state index contributed by atoms with van der Waals surface area (Å²) in [5.74, 6) is -0.821. The average molecular weight is 433 g/mol. The number of β-amino-alcohol motifs (C(OH)–C–C–N with tert-alkyl or cyclic N) is 1. The fraction of sp³-hybridized carbons (Fsp3) is 0.435. The van der Waals surface area contributed by atoms with Crippen molar-refractivity contribution in [3.63, 3.8) is 0 Å². The van der Waals surface area contributed by atoms with Crippen LogP contribution in [-0.4, -0.2) is 61.4 Å². The quantitative estimate of drug-likeness (QED) is 0.322. The molecule has 2 aromatic carbocycles. The van der Waals surface area contributed by atoms with Gasteiger partial charge in [-0.2, -0.15) is 0 Å². The number of hydrogen-bond acceptors (Lipinski definition) is 4. The van der Waals surface area contributed by atoms with E-state index in [1.54, 1.807) is 0 Å². The van der Waals surface area contributed by atoms with Crippen LogP contribution in [0.5, 0.6) is 5.75 Å². The lowest BCUT2D eigenvalue weighted by Gasteiger charge is -2.30. The fourth-order valence-electron chi connectivity index (χ4n) is 3.53. The lowest BCUT2D eigenvalue weighted by molar-refractivity contribution is 0.111. The molecule has 0 aliphatic carbocycles. The summed E-state index contributed by atoms with van der Waals surface area (Å²) in [6.45, 7) is 5.76. The van der Waals surface area contributed by atoms with E-state index >= 15 is 0 Å². The summed E-state index contributed by atoms with van der Waals surface area (Å²) in [5, 5.41) is 16.6. The van der Waals surface area contributed by atoms with Gasteiger partial charge in [-0.3, -0.25) is 9.89 Å². The van der Waals surface area contributed by atoms with Crippen LogP contribution in [0, 0.1) is 11.6 Å². The summed E-state index contributed by atoms with van der Waals surface area (Å²) in [4.78, 5) is 6.68. The molecule has 6 nitrogen and oxygen atoms in total. The number of nitrogens with zero attached hydrogens (tertiary/aromatic N) is 2. The second kappa shape index (κ2) is 11.6. The Kier molecular flexibility index (Phi) is 8.61. The van der Waals surface area contributed by atoms with Crippen LogP contribution >= 0.6 is 0 Å². The number of aliphatic hydroxyl groups excluding tert-OH is 1. The molecule has 8 heteroatoms. The first kappa shape index (κ1) is 23.0. The van der Waals surface area contributed by atoms with Crippen LogP contribution in [0.25, 0.3) is 0 Å². The molecule has 1 aliphatic rings. The first-order chi connectivity index (χ1) is 15.0. The van der Waals surface area contributed by atoms with Gasteiger partial charge in [0.25, 0.3) is 0 Å². The SMILES string of the molecule is CCNC(=NCC(O)CN1CCc2ccccc2C1)NCCOc1ccc(F)cc1F. The zero-order chi connectivity index (χ0) is 22.1. The molecule has 0 radical (unpaired) electrons. The molecule has 1 heterocycles. The fourth-order valence-corrected chi connectivity index (χ4v) is 3.53. The highest BCUT2D eigenvalue weighted by atomic mass is 19.1. The van der Waals surface area contributed by atoms with Crippen molar-refractivity contribution < 1.29 is 18.6 Å². The van der Waals surface area contributed by atoms with Crippen molar-refractivity contribution in [3.8, 4) is 5.75 Å². The van der Waals surface area contributed by atoms with Crippen LogP contribution in [-0.2, 0) is 13.0 Å². The minimum atomic E-state index is -0.732. The van der Waals surface area contributed by atoms with Crippen molar-refractivity contribution in [2.75, 3.05) is 39.3 Å². The minimum absolute atomic E-state index is 0.00340. The third kappa shape index (κ3) is 7.18. The van der Waals surface area contributed by atoms with Crippen LogP contribution in [0.4, 0.5) is 8.78 Å². The molecule has 0 amide bonds. The molecule has 0 fully saturated rings. The number of aliphatic hydroxyl groups is 1. The summed E-state index contributed by atoms with van der Waals surface area (Å²) in [5.41, 5.74) is 2.70. The Morgan fingerprint density at radius 2 is 2.00 bits per heavy atom. The summed E-state index contributed by atoms with van der Waals surface area (Å²) in [6.07, 6.45) is 0.413. The highest BCUT2D eigenvalue weighted by Crippen LogP contribution is 2.19. The van der Waals surface area contributed by atoms with Gasteiger partial charge in [-0.15, -0.1) is 0 Å². The number of rotatable bonds is 9. The van der Waals surface area contributed by atoms with Crippen molar-refractivity contribution in [2.45, 2.75) is 26.0 Å². The van der Waals surface area contributed by atoms with E-state index < -0.39 is 17.7 Å². The molecule has 0 spiro atoms. The highest BCUT2D eigenvalue weighted by Gasteiger charge is 2.18. The van der Waals surface area contributed by atoms with Crippen LogP contribution in [0.3, 0.4) is 0 Å². The maximum atomic E-state index is 13.6. The first-order valence-corrected chi connectivity index (χ1v) is 10.6. The molecule has 3 rings (SSSR count). The normalized spacial score (nSPS) is 15.3. The molecule has 0 saturated heterocycles. The lowest BCUT2D eigenvalue weighted by atomic mass is 10.00. The minimum Gasteiger partial charge on any atom is -0.489 e. The van der Waals surface area contributed by atoms with Gasteiger partial charge in [0.1, 0.15) is 12.4 Å². The van der Waals surface area contributed by atoms with E-state index in [0.717, 1.165) is 31.6 Å². The Labute approximate surface area is 181 Å². The molecule has 0 bridgehead atoms. The van der Waals surface area contributed by atoms with E-state index in [1.165, 1.54) is 17.2 Å². The van der Waals surface area contributed by atoms with Gasteiger partial charge in [-0.1, -0.05) is 24.3 Å². The lowest BCUT2D eigenvalue weighted by Crippen LogP contribution is -2.41. The Hall–Kier alpha value is -2.71. The molecule has 2 aromatic rings. The highest BCUT2D eigenvalue weighted by molar-refractivity contribution is 5.79. The summed E-state index contributed by atoms with van der Waals surface area (Å²) >= 11 is 0. The zero-order valence-electron chi connectivity index (χ0n) is 17.8. The van der Waals surface area contributed by atoms with E-state index in [4.69, 9.17) is 4.74 Å². The molecule has 1 atom stereocenters. The third-order valence-electron chi connectivity index (χ3n) is 5.03. The Bertz CT molecular complexity index is 878. The van der Waals surface area contributed by atoms with Crippen LogP contribution in [0.2, 0.25) is 0 Å². The molecular formula is C23H30F2N4O2. The van der Waals surface area contributed by atoms with Gasteiger partial charge in [-0.25, -0.2) is 8.78 Å². The number of halogens is 2. The molecule has 1 unspecified atom stereocenters. The first-order valence-electron chi connectivity index (χ1n) is 10.6. The van der Waals surface area contributed by atoms with Crippen molar-refractivity contribution >= 4 is 5.96 Å². The van der Waals surface area contributed by atoms with Gasteiger partial charge in [0.15, 0.2) is 17.5 Å². The molecule has 31 heavy (non-hydrogen) atoms. The smallest absolute Gasteiger partial charge is 0.191 e. The van der Waals surface area contributed by atoms with Gasteiger partial charge < -0.3 is 20.5 Å². The number of guanidine groups is 1. The van der Waals surface area contributed by atoms with Gasteiger partial charge in [0.2, 0.25) is 0 Å². The van der Waals surface area contributed by atoms with Gasteiger partial charge in [0, 0.05) is 32.2 Å². The van der Waals surface area contributed by atoms with Crippen molar-refractivity contribution in [2.24, 2.45) is 4.99 Å². The number of ether oxygens (including phenoxy) is 1. The number of benzene rings is 2. The average Bonchev–Trinajstić information content (AvgIpc) is 2.76. The number of hydrogen-bond donors (Lipinski definition) is 3. The number of fused-ring (bicyclic) bond motifs is 1. The maximum absolute atomic E-state index is 13.6. The van der Waals surface area contributed by atoms with Crippen LogP contribution < -0.4 is 15.4 Å². The predicted octanol–water partition coefficient (Wildman–Crippen LogP) is 2.32. The van der Waals surface area contributed by atoms with E-state index in [9.17, 15) is 13.9 Å². The Balaban J connectivity index is 1.42. The molecule has 168 valence electrons. The van der Waals surface area contributed by atoms with E-state index in [-0.39, 0.29) is 18.9 Å². The van der Waals surface area contributed by atoms with E-state index in [1.807, 2.05) is 13.0 Å². The van der Waals surface area contributed by atoms with Crippen molar-refractivity contribution in [3.05, 3.63) is 65.2 Å².